The predicted octanol–water partition coefficient (Wildman–Crippen LogP) is 5.03. The monoisotopic (exact) mass is 469 g/mol. The predicted molar refractivity (Wildman–Crippen MR) is 113 cm³/mol. The van der Waals surface area contributed by atoms with Gasteiger partial charge in [-0.25, -0.2) is 0 Å². The normalized spacial score (nSPS) is 10.6. The van der Waals surface area contributed by atoms with Crippen LogP contribution in [0.25, 0.3) is 22.8 Å². The molecule has 30 heavy (non-hydrogen) atoms. The van der Waals surface area contributed by atoms with Crippen molar-refractivity contribution in [2.75, 3.05) is 19.5 Å². The molecule has 0 aliphatic rings. The molecule has 0 unspecified atom stereocenters. The van der Waals surface area contributed by atoms with Crippen LogP contribution >= 0.6 is 15.9 Å². The minimum absolute atomic E-state index is 0.137. The van der Waals surface area contributed by atoms with Crippen molar-refractivity contribution in [1.82, 2.24) is 10.1 Å². The van der Waals surface area contributed by atoms with Gasteiger partial charge in [-0.3, -0.25) is 4.79 Å². The molecule has 0 fully saturated rings. The molecule has 2 heterocycles. The summed E-state index contributed by atoms with van der Waals surface area (Å²) in [5.41, 5.74) is 1.67. The summed E-state index contributed by atoms with van der Waals surface area (Å²) < 4.78 is 22.0. The molecule has 9 heteroatoms. The molecule has 0 spiro atoms. The fourth-order valence-electron chi connectivity index (χ4n) is 2.82. The first-order valence-electron chi connectivity index (χ1n) is 8.81. The first-order valence-corrected chi connectivity index (χ1v) is 9.60. The second kappa shape index (κ2) is 8.42. The van der Waals surface area contributed by atoms with Gasteiger partial charge in [0.15, 0.2) is 21.9 Å². The van der Waals surface area contributed by atoms with E-state index >= 15 is 0 Å². The number of amides is 1. The number of carbonyl (C=O) groups is 1. The molecule has 0 aliphatic heterocycles. The minimum Gasteiger partial charge on any atom is -0.493 e. The Morgan fingerprint density at radius 3 is 2.43 bits per heavy atom. The molecule has 0 saturated heterocycles. The van der Waals surface area contributed by atoms with Gasteiger partial charge in [-0.15, -0.1) is 0 Å². The number of anilines is 1. The van der Waals surface area contributed by atoms with Crippen LogP contribution in [0.2, 0.25) is 0 Å². The number of furan rings is 1. The van der Waals surface area contributed by atoms with Gasteiger partial charge in [0.1, 0.15) is 0 Å². The fraction of sp³-hybridized carbons (Fsp3) is 0.0952. The zero-order valence-electron chi connectivity index (χ0n) is 16.0. The summed E-state index contributed by atoms with van der Waals surface area (Å²) in [5, 5.41) is 6.84. The molecule has 0 atom stereocenters. The van der Waals surface area contributed by atoms with E-state index in [9.17, 15) is 4.79 Å². The molecule has 0 radical (unpaired) electrons. The van der Waals surface area contributed by atoms with E-state index in [1.54, 1.807) is 24.3 Å². The van der Waals surface area contributed by atoms with E-state index in [4.69, 9.17) is 18.4 Å². The van der Waals surface area contributed by atoms with Gasteiger partial charge in [0.25, 0.3) is 11.8 Å². The van der Waals surface area contributed by atoms with Gasteiger partial charge in [-0.05, 0) is 34.1 Å². The van der Waals surface area contributed by atoms with Crippen LogP contribution in [0.4, 0.5) is 5.69 Å². The average molecular weight is 470 g/mol. The Morgan fingerprint density at radius 1 is 1.03 bits per heavy atom. The van der Waals surface area contributed by atoms with E-state index in [0.717, 1.165) is 5.56 Å². The molecule has 1 N–H and O–H groups in total. The van der Waals surface area contributed by atoms with Crippen LogP contribution in [0.5, 0.6) is 11.5 Å². The summed E-state index contributed by atoms with van der Waals surface area (Å²) in [7, 11) is 3.02. The number of ether oxygens (including phenoxy) is 2. The molecule has 2 aromatic heterocycles. The van der Waals surface area contributed by atoms with Gasteiger partial charge in [-0.2, -0.15) is 4.98 Å². The lowest BCUT2D eigenvalue weighted by molar-refractivity contribution is 0.0995. The maximum Gasteiger partial charge on any atom is 0.291 e. The highest BCUT2D eigenvalue weighted by Gasteiger charge is 2.21. The fourth-order valence-corrected chi connectivity index (χ4v) is 3.12. The molecular formula is C21H16BrN3O5. The van der Waals surface area contributed by atoms with Gasteiger partial charge < -0.3 is 23.7 Å². The Morgan fingerprint density at radius 2 is 1.77 bits per heavy atom. The Kier molecular flexibility index (Phi) is 5.53. The van der Waals surface area contributed by atoms with E-state index in [-0.39, 0.29) is 11.7 Å². The number of aromatic nitrogens is 2. The van der Waals surface area contributed by atoms with Crippen LogP contribution in [-0.2, 0) is 0 Å². The first-order chi connectivity index (χ1) is 14.6. The summed E-state index contributed by atoms with van der Waals surface area (Å²) in [4.78, 5) is 17.1. The molecule has 4 aromatic rings. The summed E-state index contributed by atoms with van der Waals surface area (Å²) in [6.07, 6.45) is 0. The second-order valence-electron chi connectivity index (χ2n) is 6.10. The number of hydrogen-bond donors (Lipinski definition) is 1. The number of methoxy groups -OCH3 is 2. The van der Waals surface area contributed by atoms with Gasteiger partial charge in [0, 0.05) is 11.6 Å². The second-order valence-corrected chi connectivity index (χ2v) is 6.88. The zero-order valence-corrected chi connectivity index (χ0v) is 17.6. The van der Waals surface area contributed by atoms with Crippen molar-refractivity contribution in [3.05, 3.63) is 65.0 Å². The number of halogens is 1. The SMILES string of the molecule is COc1cc(NC(=O)c2ccc(Br)o2)c(-c2nc(-c3ccccc3)no2)cc1OC. The molecule has 0 saturated carbocycles. The molecule has 4 rings (SSSR count). The Hall–Kier alpha value is -3.59. The van der Waals surface area contributed by atoms with Crippen molar-refractivity contribution in [3.63, 3.8) is 0 Å². The van der Waals surface area contributed by atoms with Crippen molar-refractivity contribution in [2.45, 2.75) is 0 Å². The van der Waals surface area contributed by atoms with E-state index in [2.05, 4.69) is 31.4 Å². The largest absolute Gasteiger partial charge is 0.493 e. The lowest BCUT2D eigenvalue weighted by Crippen LogP contribution is -2.12. The summed E-state index contributed by atoms with van der Waals surface area (Å²) in [6.45, 7) is 0. The number of carbonyl (C=O) groups excluding carboxylic acids is 1. The van der Waals surface area contributed by atoms with Crippen LogP contribution in [0.1, 0.15) is 10.6 Å². The van der Waals surface area contributed by atoms with Gasteiger partial charge in [-0.1, -0.05) is 35.5 Å². The maximum atomic E-state index is 12.6. The zero-order chi connectivity index (χ0) is 21.1. The minimum atomic E-state index is -0.447. The molecular weight excluding hydrogens is 454 g/mol. The highest BCUT2D eigenvalue weighted by Crippen LogP contribution is 2.39. The van der Waals surface area contributed by atoms with Crippen molar-refractivity contribution >= 4 is 27.5 Å². The maximum absolute atomic E-state index is 12.6. The third-order valence-electron chi connectivity index (χ3n) is 4.26. The number of nitrogens with one attached hydrogen (secondary N) is 1. The van der Waals surface area contributed by atoms with Crippen LogP contribution in [0.15, 0.2) is 68.2 Å². The Balaban J connectivity index is 1.76. The lowest BCUT2D eigenvalue weighted by atomic mass is 10.1. The highest BCUT2D eigenvalue weighted by molar-refractivity contribution is 9.10. The third kappa shape index (κ3) is 3.92. The molecule has 0 bridgehead atoms. The smallest absolute Gasteiger partial charge is 0.291 e. The van der Waals surface area contributed by atoms with Crippen molar-refractivity contribution in [2.24, 2.45) is 0 Å². The van der Waals surface area contributed by atoms with Crippen LogP contribution in [0.3, 0.4) is 0 Å². The summed E-state index contributed by atoms with van der Waals surface area (Å²) in [6, 6.07) is 15.9. The molecule has 1 amide bonds. The lowest BCUT2D eigenvalue weighted by Gasteiger charge is -2.13. The molecule has 0 aliphatic carbocycles. The van der Waals surface area contributed by atoms with Crippen LogP contribution < -0.4 is 14.8 Å². The van der Waals surface area contributed by atoms with Gasteiger partial charge in [0.05, 0.1) is 25.5 Å². The van der Waals surface area contributed by atoms with Crippen molar-refractivity contribution in [3.8, 4) is 34.3 Å². The van der Waals surface area contributed by atoms with Crippen LogP contribution in [0, 0.1) is 0 Å². The van der Waals surface area contributed by atoms with Crippen LogP contribution in [-0.4, -0.2) is 30.3 Å². The molecule has 152 valence electrons. The molecule has 8 nitrogen and oxygen atoms in total. The standard InChI is InChI=1S/C21H16BrN3O5/c1-27-16-10-13(21-24-19(25-30-21)12-6-4-3-5-7-12)14(11-17(16)28-2)23-20(26)15-8-9-18(22)29-15/h3-11H,1-2H3,(H,23,26). The average Bonchev–Trinajstić information content (AvgIpc) is 3.43. The summed E-state index contributed by atoms with van der Waals surface area (Å²) >= 11 is 3.19. The van der Waals surface area contributed by atoms with E-state index < -0.39 is 5.91 Å². The number of rotatable bonds is 6. The molecule has 2 aromatic carbocycles. The van der Waals surface area contributed by atoms with Crippen molar-refractivity contribution in [1.29, 1.82) is 0 Å². The highest BCUT2D eigenvalue weighted by atomic mass is 79.9. The van der Waals surface area contributed by atoms with Gasteiger partial charge in [0.2, 0.25) is 5.82 Å². The quantitative estimate of drug-likeness (QED) is 0.422. The van der Waals surface area contributed by atoms with Gasteiger partial charge >= 0.3 is 0 Å². The van der Waals surface area contributed by atoms with Crippen molar-refractivity contribution < 1.29 is 23.2 Å². The van der Waals surface area contributed by atoms with E-state index in [1.807, 2.05) is 30.3 Å². The number of benzene rings is 2. The number of nitrogens with zero attached hydrogens (tertiary/aromatic N) is 2. The number of hydrogen-bond acceptors (Lipinski definition) is 7. The van der Waals surface area contributed by atoms with E-state index in [1.165, 1.54) is 14.2 Å². The Labute approximate surface area is 179 Å². The van der Waals surface area contributed by atoms with E-state index in [0.29, 0.717) is 33.2 Å². The Bertz CT molecular complexity index is 1190. The summed E-state index contributed by atoms with van der Waals surface area (Å²) in [5.74, 6) is 1.21. The topological polar surface area (TPSA) is 99.6 Å². The third-order valence-corrected chi connectivity index (χ3v) is 4.68. The first kappa shape index (κ1) is 19.7.